The zero-order chi connectivity index (χ0) is 11.5. The van der Waals surface area contributed by atoms with Crippen LogP contribution >= 0.6 is 11.3 Å². The normalized spacial score (nSPS) is 17.6. The summed E-state index contributed by atoms with van der Waals surface area (Å²) < 4.78 is 0. The first kappa shape index (κ1) is 11.6. The van der Waals surface area contributed by atoms with Gasteiger partial charge in [0.05, 0.1) is 0 Å². The molecule has 0 saturated heterocycles. The number of rotatable bonds is 6. The van der Waals surface area contributed by atoms with E-state index in [1.807, 2.05) is 12.3 Å². The molecule has 0 spiro atoms. The Hall–Kier alpha value is -0.870. The van der Waals surface area contributed by atoms with Crippen molar-refractivity contribution in [2.24, 2.45) is 0 Å². The maximum atomic E-state index is 11.2. The third-order valence-corrected chi connectivity index (χ3v) is 3.77. The Morgan fingerprint density at radius 3 is 2.88 bits per heavy atom. The van der Waals surface area contributed by atoms with Crippen LogP contribution in [-0.2, 0) is 11.3 Å². The molecule has 4 heteroatoms. The average Bonchev–Trinajstić information content (AvgIpc) is 2.96. The number of thiophene rings is 1. The van der Waals surface area contributed by atoms with E-state index in [1.165, 1.54) is 5.56 Å². The van der Waals surface area contributed by atoms with Gasteiger partial charge in [-0.1, -0.05) is 6.92 Å². The van der Waals surface area contributed by atoms with E-state index in [0.29, 0.717) is 12.5 Å². The summed E-state index contributed by atoms with van der Waals surface area (Å²) in [6.45, 7) is 2.72. The number of carboxylic acids is 1. The predicted octanol–water partition coefficient (Wildman–Crippen LogP) is 2.58. The molecule has 1 heterocycles. The van der Waals surface area contributed by atoms with Crippen LogP contribution in [-0.4, -0.2) is 28.1 Å². The van der Waals surface area contributed by atoms with E-state index in [-0.39, 0.29) is 6.04 Å². The molecule has 1 fully saturated rings. The Balaban J connectivity index is 2.07. The highest BCUT2D eigenvalue weighted by Crippen LogP contribution is 2.31. The maximum Gasteiger partial charge on any atom is 0.320 e. The topological polar surface area (TPSA) is 40.5 Å². The highest BCUT2D eigenvalue weighted by molar-refractivity contribution is 7.07. The molecule has 1 atom stereocenters. The highest BCUT2D eigenvalue weighted by Gasteiger charge is 2.36. The minimum atomic E-state index is -0.690. The van der Waals surface area contributed by atoms with Gasteiger partial charge in [-0.3, -0.25) is 9.69 Å². The molecule has 0 bridgehead atoms. The van der Waals surface area contributed by atoms with E-state index >= 15 is 0 Å². The lowest BCUT2D eigenvalue weighted by Gasteiger charge is -2.27. The summed E-state index contributed by atoms with van der Waals surface area (Å²) in [5.74, 6) is -0.690. The van der Waals surface area contributed by atoms with Gasteiger partial charge in [0.2, 0.25) is 0 Å². The van der Waals surface area contributed by atoms with Gasteiger partial charge in [0, 0.05) is 12.6 Å². The Morgan fingerprint density at radius 1 is 1.69 bits per heavy atom. The number of hydrogen-bond donors (Lipinski definition) is 1. The van der Waals surface area contributed by atoms with Crippen LogP contribution in [0.15, 0.2) is 16.8 Å². The molecule has 0 aliphatic heterocycles. The third kappa shape index (κ3) is 2.62. The summed E-state index contributed by atoms with van der Waals surface area (Å²) in [6.07, 6.45) is 2.97. The summed E-state index contributed by atoms with van der Waals surface area (Å²) in [4.78, 5) is 13.3. The van der Waals surface area contributed by atoms with E-state index in [9.17, 15) is 9.90 Å². The molecule has 1 aromatic heterocycles. The molecule has 1 unspecified atom stereocenters. The summed E-state index contributed by atoms with van der Waals surface area (Å²) in [7, 11) is 0. The number of carboxylic acid groups (broad SMARTS) is 1. The van der Waals surface area contributed by atoms with E-state index in [2.05, 4.69) is 16.3 Å². The fourth-order valence-electron chi connectivity index (χ4n) is 2.04. The molecule has 1 aromatic rings. The van der Waals surface area contributed by atoms with Crippen molar-refractivity contribution in [3.63, 3.8) is 0 Å². The number of hydrogen-bond acceptors (Lipinski definition) is 3. The van der Waals surface area contributed by atoms with Crippen molar-refractivity contribution in [3.05, 3.63) is 22.4 Å². The van der Waals surface area contributed by atoms with Gasteiger partial charge in [-0.15, -0.1) is 0 Å². The van der Waals surface area contributed by atoms with Crippen molar-refractivity contribution in [1.29, 1.82) is 0 Å². The highest BCUT2D eigenvalue weighted by atomic mass is 32.1. The number of nitrogens with zero attached hydrogens (tertiary/aromatic N) is 1. The molecule has 1 N–H and O–H groups in total. The molecular weight excluding hydrogens is 222 g/mol. The van der Waals surface area contributed by atoms with Crippen LogP contribution in [0.2, 0.25) is 0 Å². The summed E-state index contributed by atoms with van der Waals surface area (Å²) in [6, 6.07) is 2.24. The van der Waals surface area contributed by atoms with Gasteiger partial charge in [0.1, 0.15) is 6.04 Å². The zero-order valence-electron chi connectivity index (χ0n) is 9.43. The van der Waals surface area contributed by atoms with Crippen molar-refractivity contribution in [1.82, 2.24) is 4.90 Å². The SMILES string of the molecule is CCC(C(=O)O)N(Cc1ccsc1)C1CC1. The van der Waals surface area contributed by atoms with E-state index in [1.54, 1.807) is 11.3 Å². The molecule has 88 valence electrons. The fourth-order valence-corrected chi connectivity index (χ4v) is 2.70. The van der Waals surface area contributed by atoms with Crippen LogP contribution < -0.4 is 0 Å². The quantitative estimate of drug-likeness (QED) is 0.829. The molecule has 0 radical (unpaired) electrons. The second kappa shape index (κ2) is 4.97. The minimum absolute atomic E-state index is 0.326. The second-order valence-corrected chi connectivity index (χ2v) is 5.08. The largest absolute Gasteiger partial charge is 0.480 e. The van der Waals surface area contributed by atoms with Gasteiger partial charge in [-0.05, 0) is 41.7 Å². The van der Waals surface area contributed by atoms with Gasteiger partial charge in [0.15, 0.2) is 0 Å². The molecule has 2 rings (SSSR count). The zero-order valence-corrected chi connectivity index (χ0v) is 10.2. The standard InChI is InChI=1S/C12H17NO2S/c1-2-11(12(14)15)13(10-3-4-10)7-9-5-6-16-8-9/h5-6,8,10-11H,2-4,7H2,1H3,(H,14,15). The van der Waals surface area contributed by atoms with Crippen molar-refractivity contribution in [3.8, 4) is 0 Å². The fraction of sp³-hybridized carbons (Fsp3) is 0.583. The number of carbonyl (C=O) groups is 1. The van der Waals surface area contributed by atoms with Gasteiger partial charge in [-0.2, -0.15) is 11.3 Å². The molecule has 1 aliphatic rings. The predicted molar refractivity (Wildman–Crippen MR) is 64.6 cm³/mol. The number of aliphatic carboxylic acids is 1. The molecule has 1 aliphatic carbocycles. The molecule has 16 heavy (non-hydrogen) atoms. The smallest absolute Gasteiger partial charge is 0.320 e. The third-order valence-electron chi connectivity index (χ3n) is 3.03. The molecule has 0 amide bonds. The Morgan fingerprint density at radius 2 is 2.44 bits per heavy atom. The summed E-state index contributed by atoms with van der Waals surface area (Å²) >= 11 is 1.67. The van der Waals surface area contributed by atoms with Crippen LogP contribution in [0.4, 0.5) is 0 Å². The van der Waals surface area contributed by atoms with E-state index in [4.69, 9.17) is 0 Å². The lowest BCUT2D eigenvalue weighted by Crippen LogP contribution is -2.41. The molecular formula is C12H17NO2S. The first-order chi connectivity index (χ1) is 7.72. The maximum absolute atomic E-state index is 11.2. The van der Waals surface area contributed by atoms with Gasteiger partial charge < -0.3 is 5.11 Å². The first-order valence-electron chi connectivity index (χ1n) is 5.72. The minimum Gasteiger partial charge on any atom is -0.480 e. The summed E-state index contributed by atoms with van der Waals surface area (Å²) in [5, 5.41) is 13.4. The monoisotopic (exact) mass is 239 g/mol. The van der Waals surface area contributed by atoms with Gasteiger partial charge in [-0.25, -0.2) is 0 Å². The molecule has 3 nitrogen and oxygen atoms in total. The first-order valence-corrected chi connectivity index (χ1v) is 6.66. The van der Waals surface area contributed by atoms with Crippen molar-refractivity contribution >= 4 is 17.3 Å². The van der Waals surface area contributed by atoms with Crippen molar-refractivity contribution < 1.29 is 9.90 Å². The lowest BCUT2D eigenvalue weighted by atomic mass is 10.1. The second-order valence-electron chi connectivity index (χ2n) is 4.30. The Labute approximate surface area is 99.7 Å². The van der Waals surface area contributed by atoms with Gasteiger partial charge in [0.25, 0.3) is 0 Å². The van der Waals surface area contributed by atoms with Gasteiger partial charge >= 0.3 is 5.97 Å². The van der Waals surface area contributed by atoms with E-state index in [0.717, 1.165) is 19.4 Å². The Kier molecular flexibility index (Phi) is 3.61. The van der Waals surface area contributed by atoms with Crippen LogP contribution in [0.3, 0.4) is 0 Å². The average molecular weight is 239 g/mol. The van der Waals surface area contributed by atoms with Crippen LogP contribution in [0.25, 0.3) is 0 Å². The van der Waals surface area contributed by atoms with Crippen LogP contribution in [0.1, 0.15) is 31.7 Å². The van der Waals surface area contributed by atoms with Crippen LogP contribution in [0.5, 0.6) is 0 Å². The van der Waals surface area contributed by atoms with Crippen molar-refractivity contribution in [2.75, 3.05) is 0 Å². The Bertz CT molecular complexity index is 346. The molecule has 1 saturated carbocycles. The van der Waals surface area contributed by atoms with Crippen LogP contribution in [0, 0.1) is 0 Å². The van der Waals surface area contributed by atoms with E-state index < -0.39 is 5.97 Å². The lowest BCUT2D eigenvalue weighted by molar-refractivity contribution is -0.144. The molecule has 0 aromatic carbocycles. The summed E-state index contributed by atoms with van der Waals surface area (Å²) in [5.41, 5.74) is 1.23. The van der Waals surface area contributed by atoms with Crippen molar-refractivity contribution in [2.45, 2.75) is 44.8 Å².